The Bertz CT molecular complexity index is 970. The van der Waals surface area contributed by atoms with E-state index in [9.17, 15) is 14.4 Å². The number of fused-ring (bicyclic) bond motifs is 3. The molecular formula is C22H20N2O4. The molecule has 1 unspecified atom stereocenters. The van der Waals surface area contributed by atoms with Crippen LogP contribution in [0.4, 0.5) is 5.69 Å². The molecule has 6 heteroatoms. The van der Waals surface area contributed by atoms with Gasteiger partial charge in [-0.2, -0.15) is 0 Å². The number of likely N-dealkylation sites (N-methyl/N-ethyl adjacent to an activating group) is 1. The van der Waals surface area contributed by atoms with Crippen molar-refractivity contribution in [3.8, 4) is 0 Å². The minimum Gasteiger partial charge on any atom is -0.458 e. The highest BCUT2D eigenvalue weighted by molar-refractivity contribution is 6.15. The summed E-state index contributed by atoms with van der Waals surface area (Å²) in [6.07, 6.45) is 3.99. The molecule has 1 saturated heterocycles. The summed E-state index contributed by atoms with van der Waals surface area (Å²) in [5.74, 6) is -1.08. The summed E-state index contributed by atoms with van der Waals surface area (Å²) in [5, 5.41) is 0. The number of carbonyl (C=O) groups excluding carboxylic acids is 3. The van der Waals surface area contributed by atoms with Crippen molar-refractivity contribution in [2.24, 2.45) is 0 Å². The second kappa shape index (κ2) is 6.96. The van der Waals surface area contributed by atoms with Crippen LogP contribution in [0.25, 0.3) is 6.08 Å². The molecule has 2 aliphatic heterocycles. The lowest BCUT2D eigenvalue weighted by atomic mass is 9.97. The molecule has 2 aromatic rings. The van der Waals surface area contributed by atoms with E-state index in [0.29, 0.717) is 11.3 Å². The maximum Gasteiger partial charge on any atom is 0.354 e. The SMILES string of the molecule is CN1C(=O)c2ccccc2N2C(=O)CCC12C(=O)OCC=Cc1ccccc1. The van der Waals surface area contributed by atoms with Gasteiger partial charge in [0.2, 0.25) is 11.6 Å². The highest BCUT2D eigenvalue weighted by Crippen LogP contribution is 2.44. The quantitative estimate of drug-likeness (QED) is 0.770. The van der Waals surface area contributed by atoms with E-state index in [1.807, 2.05) is 36.4 Å². The Labute approximate surface area is 163 Å². The molecule has 2 aromatic carbocycles. The van der Waals surface area contributed by atoms with Crippen LogP contribution < -0.4 is 4.90 Å². The lowest BCUT2D eigenvalue weighted by Crippen LogP contribution is -2.67. The van der Waals surface area contributed by atoms with Crippen molar-refractivity contribution in [3.63, 3.8) is 0 Å². The zero-order chi connectivity index (χ0) is 19.7. The fraction of sp³-hybridized carbons (Fsp3) is 0.227. The molecule has 2 aliphatic rings. The second-order valence-electron chi connectivity index (χ2n) is 6.84. The van der Waals surface area contributed by atoms with Gasteiger partial charge in [0.05, 0.1) is 11.3 Å². The predicted octanol–water partition coefficient (Wildman–Crippen LogP) is 2.85. The molecule has 28 heavy (non-hydrogen) atoms. The number of anilines is 1. The number of nitrogens with zero attached hydrogens (tertiary/aromatic N) is 2. The highest BCUT2D eigenvalue weighted by Gasteiger charge is 2.60. The standard InChI is InChI=1S/C22H20N2O4/c1-23-20(26)17-11-5-6-12-18(17)24-19(25)13-14-22(23,24)21(27)28-15-7-10-16-8-3-2-4-9-16/h2-12H,13-15H2,1H3. The Hall–Kier alpha value is -3.41. The van der Waals surface area contributed by atoms with Crippen molar-refractivity contribution in [3.05, 3.63) is 71.8 Å². The third-order valence-electron chi connectivity index (χ3n) is 5.29. The number of hydrogen-bond donors (Lipinski definition) is 0. The van der Waals surface area contributed by atoms with Gasteiger partial charge in [-0.3, -0.25) is 14.5 Å². The van der Waals surface area contributed by atoms with Crippen molar-refractivity contribution in [2.45, 2.75) is 18.5 Å². The number of ether oxygens (including phenoxy) is 1. The van der Waals surface area contributed by atoms with Crippen LogP contribution in [0.5, 0.6) is 0 Å². The van der Waals surface area contributed by atoms with E-state index < -0.39 is 11.6 Å². The molecule has 0 aromatic heterocycles. The maximum absolute atomic E-state index is 13.1. The molecule has 0 N–H and O–H groups in total. The molecule has 0 spiro atoms. The summed E-state index contributed by atoms with van der Waals surface area (Å²) in [7, 11) is 1.55. The van der Waals surface area contributed by atoms with Crippen LogP contribution in [-0.2, 0) is 14.3 Å². The van der Waals surface area contributed by atoms with E-state index in [4.69, 9.17) is 4.74 Å². The number of rotatable bonds is 4. The van der Waals surface area contributed by atoms with E-state index in [-0.39, 0.29) is 31.3 Å². The zero-order valence-corrected chi connectivity index (χ0v) is 15.5. The van der Waals surface area contributed by atoms with Crippen LogP contribution in [0.2, 0.25) is 0 Å². The monoisotopic (exact) mass is 376 g/mol. The van der Waals surface area contributed by atoms with Crippen molar-refractivity contribution < 1.29 is 19.1 Å². The summed E-state index contributed by atoms with van der Waals surface area (Å²) in [6, 6.07) is 16.5. The van der Waals surface area contributed by atoms with Gasteiger partial charge in [-0.05, 0) is 23.8 Å². The fourth-order valence-corrected chi connectivity index (χ4v) is 3.88. The molecule has 1 atom stereocenters. The number of esters is 1. The van der Waals surface area contributed by atoms with E-state index in [1.54, 1.807) is 37.4 Å². The van der Waals surface area contributed by atoms with Gasteiger partial charge in [0.1, 0.15) is 6.61 Å². The predicted molar refractivity (Wildman–Crippen MR) is 104 cm³/mol. The van der Waals surface area contributed by atoms with Gasteiger partial charge in [-0.25, -0.2) is 4.79 Å². The van der Waals surface area contributed by atoms with Gasteiger partial charge < -0.3 is 9.64 Å². The van der Waals surface area contributed by atoms with Gasteiger partial charge in [0.25, 0.3) is 5.91 Å². The molecule has 0 saturated carbocycles. The number of carbonyl (C=O) groups is 3. The largest absolute Gasteiger partial charge is 0.458 e. The first-order valence-electron chi connectivity index (χ1n) is 9.15. The van der Waals surface area contributed by atoms with Crippen molar-refractivity contribution in [1.29, 1.82) is 0 Å². The first-order valence-corrected chi connectivity index (χ1v) is 9.15. The van der Waals surface area contributed by atoms with Crippen LogP contribution >= 0.6 is 0 Å². The van der Waals surface area contributed by atoms with Crippen LogP contribution in [0.3, 0.4) is 0 Å². The lowest BCUT2D eigenvalue weighted by molar-refractivity contribution is -0.155. The first kappa shape index (κ1) is 18.0. The molecule has 2 heterocycles. The summed E-state index contributed by atoms with van der Waals surface area (Å²) < 4.78 is 5.48. The molecule has 142 valence electrons. The third kappa shape index (κ3) is 2.69. The van der Waals surface area contributed by atoms with E-state index in [0.717, 1.165) is 5.56 Å². The smallest absolute Gasteiger partial charge is 0.354 e. The number of benzene rings is 2. The van der Waals surface area contributed by atoms with Crippen molar-refractivity contribution >= 4 is 29.5 Å². The van der Waals surface area contributed by atoms with Crippen LogP contribution in [0, 0.1) is 0 Å². The van der Waals surface area contributed by atoms with Gasteiger partial charge in [0.15, 0.2) is 0 Å². The second-order valence-corrected chi connectivity index (χ2v) is 6.84. The summed E-state index contributed by atoms with van der Waals surface area (Å²) in [6.45, 7) is 0.0567. The Kier molecular flexibility index (Phi) is 4.47. The Morgan fingerprint density at radius 1 is 1.11 bits per heavy atom. The van der Waals surface area contributed by atoms with E-state index in [1.165, 1.54) is 9.80 Å². The summed E-state index contributed by atoms with van der Waals surface area (Å²) >= 11 is 0. The molecule has 0 aliphatic carbocycles. The molecular weight excluding hydrogens is 356 g/mol. The van der Waals surface area contributed by atoms with Gasteiger partial charge in [-0.15, -0.1) is 0 Å². The number of hydrogen-bond acceptors (Lipinski definition) is 4. The normalized spacial score (nSPS) is 21.0. The Balaban J connectivity index is 1.60. The Morgan fingerprint density at radius 2 is 1.82 bits per heavy atom. The van der Waals surface area contributed by atoms with Crippen LogP contribution in [0.15, 0.2) is 60.7 Å². The van der Waals surface area contributed by atoms with Crippen molar-refractivity contribution in [2.75, 3.05) is 18.6 Å². The first-order chi connectivity index (χ1) is 13.6. The molecule has 0 bridgehead atoms. The molecule has 0 radical (unpaired) electrons. The van der Waals surface area contributed by atoms with Gasteiger partial charge in [0, 0.05) is 19.9 Å². The van der Waals surface area contributed by atoms with E-state index >= 15 is 0 Å². The highest BCUT2D eigenvalue weighted by atomic mass is 16.5. The van der Waals surface area contributed by atoms with Crippen molar-refractivity contribution in [1.82, 2.24) is 4.90 Å². The molecule has 4 rings (SSSR count). The molecule has 1 fully saturated rings. The van der Waals surface area contributed by atoms with Crippen LogP contribution in [0.1, 0.15) is 28.8 Å². The number of amides is 2. The zero-order valence-electron chi connectivity index (χ0n) is 15.5. The maximum atomic E-state index is 13.1. The molecule has 2 amide bonds. The minimum absolute atomic E-state index is 0.0567. The fourth-order valence-electron chi connectivity index (χ4n) is 3.88. The minimum atomic E-state index is -1.43. The Morgan fingerprint density at radius 3 is 2.61 bits per heavy atom. The lowest BCUT2D eigenvalue weighted by Gasteiger charge is -2.46. The van der Waals surface area contributed by atoms with Gasteiger partial charge in [-0.1, -0.05) is 48.5 Å². The van der Waals surface area contributed by atoms with Crippen LogP contribution in [-0.4, -0.2) is 42.0 Å². The average molecular weight is 376 g/mol. The summed E-state index contributed by atoms with van der Waals surface area (Å²) in [5.41, 5.74) is 0.439. The summed E-state index contributed by atoms with van der Waals surface area (Å²) in [4.78, 5) is 41.3. The third-order valence-corrected chi connectivity index (χ3v) is 5.29. The van der Waals surface area contributed by atoms with E-state index in [2.05, 4.69) is 0 Å². The van der Waals surface area contributed by atoms with Gasteiger partial charge >= 0.3 is 5.97 Å². The average Bonchev–Trinajstić information content (AvgIpc) is 3.08. The number of para-hydroxylation sites is 1. The molecule has 6 nitrogen and oxygen atoms in total. The topological polar surface area (TPSA) is 66.9 Å².